The van der Waals surface area contributed by atoms with E-state index in [0.29, 0.717) is 0 Å². The molecule has 0 amide bonds. The molecule has 0 N–H and O–H groups in total. The van der Waals surface area contributed by atoms with Crippen LogP contribution in [0.25, 0.3) is 0 Å². The van der Waals surface area contributed by atoms with Crippen molar-refractivity contribution < 1.29 is 0 Å². The summed E-state index contributed by atoms with van der Waals surface area (Å²) in [5.74, 6) is 0. The van der Waals surface area contributed by atoms with Crippen molar-refractivity contribution in [3.05, 3.63) is 331 Å². The highest BCUT2D eigenvalue weighted by Crippen LogP contribution is 2.63. The fourth-order valence-corrected chi connectivity index (χ4v) is 29.4. The Hall–Kier alpha value is -11.0. The van der Waals surface area contributed by atoms with Crippen LogP contribution < -0.4 is 60.8 Å². The van der Waals surface area contributed by atoms with E-state index in [1.54, 1.807) is 4.88 Å². The van der Waals surface area contributed by atoms with Gasteiger partial charge in [-0.2, -0.15) is 22.7 Å². The Morgan fingerprint density at radius 2 is 0.549 bits per heavy atom. The van der Waals surface area contributed by atoms with Crippen LogP contribution in [0.2, 0.25) is 0 Å². The third-order valence-electron chi connectivity index (χ3n) is 35.1. The van der Waals surface area contributed by atoms with Crippen molar-refractivity contribution >= 4 is 170 Å². The number of para-hydroxylation sites is 2. The minimum absolute atomic E-state index is 0.0251. The second-order valence-corrected chi connectivity index (χ2v) is 56.0. The standard InChI is InChI=1S/C132H150B2N6S2/c1-120(2,3)83-44-54-90(55-45-83)135(88-39-33-31-34-40-88)96-73-106-113-108(75-96)139(93-60-50-86(51-61-93)123(10,11)12)115-111-117(131(28,29)69-67-129(111,24)25)142-119(115)134(113)103-78-101-100(80-105(103)138(106)92-58-48-85(49-59-92)122(7,8)9)127(20,21)70-71-132(101,30)81-82-38-37-43-95(72-82)136(89-41-35-32-36-42-89)97-74-107-112-109(76-97)140(94-62-52-87(53-63-94)124(13,14)15)114-110-116(130(26,27)68-66-128(110,22)23)141-118(114)133(112)102-77-98-99(126(18,19)65-64-125(98,16)17)79-104(102)137(107)91-56-46-84(47-57-91)121(4,5)6/h31-63,72-80H,64-71,81H2,1-30H3. The zero-order valence-corrected chi connectivity index (χ0v) is 92.4. The van der Waals surface area contributed by atoms with Gasteiger partial charge in [0.2, 0.25) is 0 Å². The number of thiophene rings is 2. The second kappa shape index (κ2) is 32.5. The van der Waals surface area contributed by atoms with Crippen molar-refractivity contribution in [2.45, 2.75) is 336 Å². The molecule has 1 atom stereocenters. The third kappa shape index (κ3) is 15.6. The fraction of sp³-hybridized carbons (Fsp3) is 0.394. The lowest BCUT2D eigenvalue weighted by Crippen LogP contribution is -2.61. The largest absolute Gasteiger partial charge is 0.311 e. The monoisotopic (exact) mass is 1910 g/mol. The lowest BCUT2D eigenvalue weighted by Gasteiger charge is -2.48. The van der Waals surface area contributed by atoms with Crippen LogP contribution in [-0.4, -0.2) is 13.4 Å². The molecule has 0 saturated carbocycles. The summed E-state index contributed by atoms with van der Waals surface area (Å²) in [6.07, 6.45) is 9.62. The molecule has 14 aromatic rings. The van der Waals surface area contributed by atoms with Gasteiger partial charge < -0.3 is 29.4 Å². The number of anilines is 18. The number of hydrogen-bond donors (Lipinski definition) is 0. The summed E-state index contributed by atoms with van der Waals surface area (Å²) in [6, 6.07) is 103. The van der Waals surface area contributed by atoms with Crippen LogP contribution in [0.5, 0.6) is 0 Å². The van der Waals surface area contributed by atoms with Gasteiger partial charge in [-0.3, -0.25) is 0 Å². The van der Waals surface area contributed by atoms with Crippen LogP contribution >= 0.6 is 22.7 Å². The van der Waals surface area contributed by atoms with Gasteiger partial charge in [-0.15, -0.1) is 0 Å². The molecule has 6 nitrogen and oxygen atoms in total. The molecule has 6 heterocycles. The molecule has 142 heavy (non-hydrogen) atoms. The molecule has 0 spiro atoms. The first-order chi connectivity index (χ1) is 66.6. The van der Waals surface area contributed by atoms with Gasteiger partial charge in [0.25, 0.3) is 13.4 Å². The van der Waals surface area contributed by atoms with Crippen LogP contribution in [0.15, 0.2) is 255 Å². The number of nitrogens with zero attached hydrogens (tertiary/aromatic N) is 6. The molecule has 0 bridgehead atoms. The number of hydrogen-bond acceptors (Lipinski definition) is 8. The summed E-state index contributed by atoms with van der Waals surface area (Å²) in [5.41, 5.74) is 43.0. The first-order valence-electron chi connectivity index (χ1n) is 53.2. The van der Waals surface area contributed by atoms with E-state index in [9.17, 15) is 0 Å². The molecule has 0 saturated heterocycles. The minimum atomic E-state index is -0.314. The van der Waals surface area contributed by atoms with Crippen LogP contribution in [0.4, 0.5) is 102 Å². The molecule has 10 heteroatoms. The number of fused-ring (bicyclic) bond motifs is 14. The van der Waals surface area contributed by atoms with Gasteiger partial charge >= 0.3 is 0 Å². The zero-order chi connectivity index (χ0) is 101. The normalized spacial score (nSPS) is 18.9. The highest BCUT2D eigenvalue weighted by Gasteiger charge is 2.56. The summed E-state index contributed by atoms with van der Waals surface area (Å²) in [4.78, 5) is 19.3. The summed E-state index contributed by atoms with van der Waals surface area (Å²) in [7, 11) is 0. The first-order valence-corrected chi connectivity index (χ1v) is 54.9. The topological polar surface area (TPSA) is 19.4 Å². The van der Waals surface area contributed by atoms with E-state index in [0.717, 1.165) is 97.6 Å². The van der Waals surface area contributed by atoms with Crippen molar-refractivity contribution in [2.75, 3.05) is 29.4 Å². The molecule has 12 aromatic carbocycles. The molecule has 726 valence electrons. The quantitative estimate of drug-likeness (QED) is 0.113. The Morgan fingerprint density at radius 1 is 0.261 bits per heavy atom. The minimum Gasteiger partial charge on any atom is -0.311 e. The van der Waals surface area contributed by atoms with Crippen LogP contribution in [-0.2, 0) is 76.8 Å². The van der Waals surface area contributed by atoms with E-state index >= 15 is 0 Å². The van der Waals surface area contributed by atoms with E-state index in [-0.39, 0.29) is 83.8 Å². The molecular weight excluding hydrogens is 1760 g/mol. The first kappa shape index (κ1) is 95.8. The highest BCUT2D eigenvalue weighted by molar-refractivity contribution is 7.30. The van der Waals surface area contributed by atoms with Gasteiger partial charge in [-0.05, 0) is 350 Å². The van der Waals surface area contributed by atoms with E-state index in [1.807, 2.05) is 0 Å². The van der Waals surface area contributed by atoms with Crippen molar-refractivity contribution in [2.24, 2.45) is 0 Å². The molecule has 1 unspecified atom stereocenters. The molecule has 2 aromatic heterocycles. The second-order valence-electron chi connectivity index (χ2n) is 53.9. The molecule has 4 aliphatic heterocycles. The van der Waals surface area contributed by atoms with E-state index < -0.39 is 0 Å². The van der Waals surface area contributed by atoms with Crippen LogP contribution in [0.1, 0.15) is 336 Å². The molecule has 22 rings (SSSR count). The zero-order valence-electron chi connectivity index (χ0n) is 90.8. The van der Waals surface area contributed by atoms with Crippen LogP contribution in [0.3, 0.4) is 0 Å². The van der Waals surface area contributed by atoms with Crippen LogP contribution in [0, 0.1) is 0 Å². The maximum absolute atomic E-state index is 2.83. The Morgan fingerprint density at radius 3 is 0.915 bits per heavy atom. The van der Waals surface area contributed by atoms with Gasteiger partial charge in [0.1, 0.15) is 0 Å². The van der Waals surface area contributed by atoms with Crippen molar-refractivity contribution in [3.63, 3.8) is 0 Å². The summed E-state index contributed by atoms with van der Waals surface area (Å²) in [5, 5.41) is 0. The molecule has 8 aliphatic rings. The Labute approximate surface area is 860 Å². The number of rotatable bonds is 12. The molecule has 4 aliphatic carbocycles. The fourth-order valence-electron chi connectivity index (χ4n) is 25.9. The molecule has 0 radical (unpaired) electrons. The van der Waals surface area contributed by atoms with Gasteiger partial charge in [0.15, 0.2) is 0 Å². The predicted molar refractivity (Wildman–Crippen MR) is 619 cm³/mol. The van der Waals surface area contributed by atoms with Crippen molar-refractivity contribution in [1.82, 2.24) is 0 Å². The summed E-state index contributed by atoms with van der Waals surface area (Å²) < 4.78 is 2.93. The third-order valence-corrected chi connectivity index (χ3v) is 38.3. The van der Waals surface area contributed by atoms with Gasteiger partial charge in [0.05, 0.1) is 22.7 Å². The van der Waals surface area contributed by atoms with Gasteiger partial charge in [-0.25, -0.2) is 0 Å². The lowest BCUT2D eigenvalue weighted by atomic mass is 9.35. The number of benzene rings is 12. The summed E-state index contributed by atoms with van der Waals surface area (Å²) >= 11 is 4.29. The Bertz CT molecular complexity index is 7370. The summed E-state index contributed by atoms with van der Waals surface area (Å²) in [6.45, 7) is 73.5. The highest BCUT2D eigenvalue weighted by atomic mass is 32.1. The average molecular weight is 1910 g/mol. The smallest absolute Gasteiger partial charge is 0.264 e. The van der Waals surface area contributed by atoms with E-state index in [4.69, 9.17) is 0 Å². The van der Waals surface area contributed by atoms with E-state index in [1.165, 1.54) is 166 Å². The molecule has 0 fully saturated rings. The predicted octanol–water partition coefficient (Wildman–Crippen LogP) is 34.0. The van der Waals surface area contributed by atoms with E-state index in [2.05, 4.69) is 515 Å². The molecular formula is C132H150B2N6S2. The van der Waals surface area contributed by atoms with Gasteiger partial charge in [0, 0.05) is 98.9 Å². The Balaban J connectivity index is 0.776. The Kier molecular flexibility index (Phi) is 21.9. The van der Waals surface area contributed by atoms with Crippen molar-refractivity contribution in [3.8, 4) is 0 Å². The van der Waals surface area contributed by atoms with Crippen molar-refractivity contribution in [1.29, 1.82) is 0 Å². The maximum atomic E-state index is 2.83. The van der Waals surface area contributed by atoms with Gasteiger partial charge in [-0.1, -0.05) is 329 Å². The average Bonchev–Trinajstić information content (AvgIpc) is 1.43. The maximum Gasteiger partial charge on any atom is 0.264 e. The SMILES string of the molecule is CC(C)(C)c1ccc(N(c2ccccc2)c2cc3c4c(c2)N(c2ccc(C(C)(C)C)cc2)c2c(sc5c2C(C)(C)CCC5(C)C)B4c2cc4c(cc2N3c2ccc(C(C)(C)C)cc2)C(C)(C)CCC4(C)Cc2cccc(N(c3ccccc3)c3cc4c5c(c3)N(c3ccc(C(C)(C)C)cc3)c3c(sc6c3C(C)(C)CCC6(C)C)B5c3cc5c(cc3N4c3ccc(C(C)(C)C)cc3)C(C)(C)CCC5(C)C)c2)cc1. The lowest BCUT2D eigenvalue weighted by molar-refractivity contribution is 0.310.